The molecule has 1 amide bonds. The van der Waals surface area contributed by atoms with Gasteiger partial charge >= 0.3 is 6.09 Å². The van der Waals surface area contributed by atoms with Gasteiger partial charge in [-0.2, -0.15) is 0 Å². The molecule has 0 aliphatic carbocycles. The molecule has 1 fully saturated rings. The van der Waals surface area contributed by atoms with E-state index in [4.69, 9.17) is 9.47 Å². The number of ether oxygens (including phenoxy) is 2. The van der Waals surface area contributed by atoms with Crippen molar-refractivity contribution in [3.05, 3.63) is 35.9 Å². The van der Waals surface area contributed by atoms with Gasteiger partial charge in [0.05, 0.1) is 19.3 Å². The number of hydrogen-bond donors (Lipinski definition) is 0. The Bertz CT molecular complexity index is 460. The second-order valence-corrected chi connectivity index (χ2v) is 4.87. The Morgan fingerprint density at radius 1 is 1.35 bits per heavy atom. The number of benzene rings is 1. The maximum atomic E-state index is 12.1. The van der Waals surface area contributed by atoms with Crippen molar-refractivity contribution in [1.29, 1.82) is 0 Å². The normalized spacial score (nSPS) is 18.6. The van der Waals surface area contributed by atoms with Crippen LogP contribution in [-0.4, -0.2) is 42.6 Å². The fraction of sp³-hybridized carbons (Fsp3) is 0.467. The van der Waals surface area contributed by atoms with Crippen LogP contribution in [0.25, 0.3) is 0 Å². The van der Waals surface area contributed by atoms with Crippen LogP contribution in [0.3, 0.4) is 0 Å². The summed E-state index contributed by atoms with van der Waals surface area (Å²) in [5, 5.41) is 0. The molecule has 5 heteroatoms. The number of Topliss-reactive ketones (excluding diaryl/α,β-unsaturated/α-hetero) is 1. The molecule has 1 heterocycles. The highest BCUT2D eigenvalue weighted by Crippen LogP contribution is 2.13. The summed E-state index contributed by atoms with van der Waals surface area (Å²) in [5.74, 6) is 0.0429. The molecule has 108 valence electrons. The summed E-state index contributed by atoms with van der Waals surface area (Å²) in [5.41, 5.74) is 0.942. The molecule has 0 N–H and O–H groups in total. The van der Waals surface area contributed by atoms with Gasteiger partial charge in [0, 0.05) is 13.0 Å². The van der Waals surface area contributed by atoms with Crippen LogP contribution in [0, 0.1) is 0 Å². The van der Waals surface area contributed by atoms with E-state index in [-0.39, 0.29) is 24.5 Å². The lowest BCUT2D eigenvalue weighted by Gasteiger charge is -2.34. The quantitative estimate of drug-likeness (QED) is 0.844. The molecule has 20 heavy (non-hydrogen) atoms. The largest absolute Gasteiger partial charge is 0.445 e. The molecule has 1 aliphatic heterocycles. The lowest BCUT2D eigenvalue weighted by molar-refractivity contribution is -0.119. The van der Waals surface area contributed by atoms with E-state index in [1.807, 2.05) is 30.3 Å². The van der Waals surface area contributed by atoms with Crippen LogP contribution in [0.4, 0.5) is 4.79 Å². The highest BCUT2D eigenvalue weighted by molar-refractivity contribution is 5.77. The highest BCUT2D eigenvalue weighted by atomic mass is 16.6. The maximum absolute atomic E-state index is 12.1. The first-order valence-electron chi connectivity index (χ1n) is 6.71. The standard InChI is InChI=1S/C15H19NO4/c1-12(17)9-14-11-19-8-7-16(14)15(18)20-10-13-5-3-2-4-6-13/h2-6,14H,7-11H2,1H3. The third-order valence-electron chi connectivity index (χ3n) is 3.19. The summed E-state index contributed by atoms with van der Waals surface area (Å²) in [6, 6.07) is 9.30. The number of amides is 1. The van der Waals surface area contributed by atoms with Gasteiger partial charge in [0.25, 0.3) is 0 Å². The summed E-state index contributed by atoms with van der Waals surface area (Å²) < 4.78 is 10.6. The molecule has 0 radical (unpaired) electrons. The van der Waals surface area contributed by atoms with Gasteiger partial charge in [0.15, 0.2) is 0 Å². The molecule has 1 atom stereocenters. The number of carbonyl (C=O) groups is 2. The molecule has 1 saturated heterocycles. The Hall–Kier alpha value is -1.88. The zero-order valence-corrected chi connectivity index (χ0v) is 11.6. The average Bonchev–Trinajstić information content (AvgIpc) is 2.46. The molecular formula is C15H19NO4. The Labute approximate surface area is 118 Å². The molecular weight excluding hydrogens is 258 g/mol. The van der Waals surface area contributed by atoms with E-state index in [9.17, 15) is 9.59 Å². The van der Waals surface area contributed by atoms with Gasteiger partial charge < -0.3 is 14.4 Å². The predicted octanol–water partition coefficient (Wildman–Crippen LogP) is 2.00. The Morgan fingerprint density at radius 3 is 2.80 bits per heavy atom. The second kappa shape index (κ2) is 7.05. The lowest BCUT2D eigenvalue weighted by atomic mass is 10.1. The first-order valence-corrected chi connectivity index (χ1v) is 6.71. The van der Waals surface area contributed by atoms with Crippen molar-refractivity contribution < 1.29 is 19.1 Å². The van der Waals surface area contributed by atoms with Gasteiger partial charge in [0.1, 0.15) is 12.4 Å². The van der Waals surface area contributed by atoms with Gasteiger partial charge in [-0.3, -0.25) is 4.79 Å². The molecule has 1 aromatic carbocycles. The average molecular weight is 277 g/mol. The van der Waals surface area contributed by atoms with Gasteiger partial charge in [-0.15, -0.1) is 0 Å². The first kappa shape index (κ1) is 14.5. The third-order valence-corrected chi connectivity index (χ3v) is 3.19. The smallest absolute Gasteiger partial charge is 0.410 e. The zero-order chi connectivity index (χ0) is 14.4. The van der Waals surface area contributed by atoms with E-state index in [1.54, 1.807) is 4.90 Å². The summed E-state index contributed by atoms with van der Waals surface area (Å²) in [4.78, 5) is 24.9. The van der Waals surface area contributed by atoms with Crippen molar-refractivity contribution in [2.24, 2.45) is 0 Å². The molecule has 0 bridgehead atoms. The monoisotopic (exact) mass is 277 g/mol. The highest BCUT2D eigenvalue weighted by Gasteiger charge is 2.29. The van der Waals surface area contributed by atoms with Gasteiger partial charge in [0.2, 0.25) is 0 Å². The summed E-state index contributed by atoms with van der Waals surface area (Å²) >= 11 is 0. The van der Waals surface area contributed by atoms with E-state index in [0.717, 1.165) is 5.56 Å². The Morgan fingerprint density at radius 2 is 2.10 bits per heavy atom. The minimum absolute atomic E-state index is 0.0429. The molecule has 0 spiro atoms. The fourth-order valence-corrected chi connectivity index (χ4v) is 2.20. The van der Waals surface area contributed by atoms with Crippen LogP contribution < -0.4 is 0 Å². The first-order chi connectivity index (χ1) is 9.66. The Balaban J connectivity index is 1.90. The van der Waals surface area contributed by atoms with E-state index >= 15 is 0 Å². The van der Waals surface area contributed by atoms with Crippen molar-refractivity contribution in [3.63, 3.8) is 0 Å². The molecule has 0 saturated carbocycles. The number of morpholine rings is 1. The van der Waals surface area contributed by atoms with Crippen LogP contribution in [0.15, 0.2) is 30.3 Å². The molecule has 5 nitrogen and oxygen atoms in total. The molecule has 0 aromatic heterocycles. The second-order valence-electron chi connectivity index (χ2n) is 4.87. The van der Waals surface area contributed by atoms with Crippen LogP contribution >= 0.6 is 0 Å². The predicted molar refractivity (Wildman–Crippen MR) is 73.2 cm³/mol. The number of rotatable bonds is 4. The summed E-state index contributed by atoms with van der Waals surface area (Å²) in [6.07, 6.45) is -0.0797. The number of nitrogens with zero attached hydrogens (tertiary/aromatic N) is 1. The van der Waals surface area contributed by atoms with E-state index in [2.05, 4.69) is 0 Å². The Kier molecular flexibility index (Phi) is 5.12. The zero-order valence-electron chi connectivity index (χ0n) is 11.6. The van der Waals surface area contributed by atoms with Crippen molar-refractivity contribution in [1.82, 2.24) is 4.90 Å². The minimum Gasteiger partial charge on any atom is -0.445 e. The maximum Gasteiger partial charge on any atom is 0.410 e. The van der Waals surface area contributed by atoms with Crippen molar-refractivity contribution >= 4 is 11.9 Å². The van der Waals surface area contributed by atoms with Gasteiger partial charge in [-0.05, 0) is 12.5 Å². The minimum atomic E-state index is -0.386. The number of carbonyl (C=O) groups excluding carboxylic acids is 2. The topological polar surface area (TPSA) is 55.8 Å². The molecule has 2 rings (SSSR count). The number of hydrogen-bond acceptors (Lipinski definition) is 4. The van der Waals surface area contributed by atoms with Crippen molar-refractivity contribution in [2.75, 3.05) is 19.8 Å². The summed E-state index contributed by atoms with van der Waals surface area (Å²) in [7, 11) is 0. The molecule has 1 aliphatic rings. The van der Waals surface area contributed by atoms with Crippen LogP contribution in [0.2, 0.25) is 0 Å². The van der Waals surface area contributed by atoms with Crippen LogP contribution in [0.1, 0.15) is 18.9 Å². The van der Waals surface area contributed by atoms with E-state index in [1.165, 1.54) is 6.92 Å². The van der Waals surface area contributed by atoms with Crippen molar-refractivity contribution in [3.8, 4) is 0 Å². The van der Waals surface area contributed by atoms with Crippen LogP contribution in [-0.2, 0) is 20.9 Å². The third kappa shape index (κ3) is 4.06. The van der Waals surface area contributed by atoms with Crippen LogP contribution in [0.5, 0.6) is 0 Å². The lowest BCUT2D eigenvalue weighted by Crippen LogP contribution is -2.49. The SMILES string of the molecule is CC(=O)CC1COCCN1C(=O)OCc1ccccc1. The molecule has 1 unspecified atom stereocenters. The molecule has 1 aromatic rings. The van der Waals surface area contributed by atoms with Crippen molar-refractivity contribution in [2.45, 2.75) is 26.0 Å². The van der Waals surface area contributed by atoms with Gasteiger partial charge in [-0.1, -0.05) is 30.3 Å². The summed E-state index contributed by atoms with van der Waals surface area (Å²) in [6.45, 7) is 3.09. The van der Waals surface area contributed by atoms with Gasteiger partial charge in [-0.25, -0.2) is 4.79 Å². The van der Waals surface area contributed by atoms with E-state index in [0.29, 0.717) is 26.2 Å². The number of ketones is 1. The van der Waals surface area contributed by atoms with E-state index < -0.39 is 0 Å². The fourth-order valence-electron chi connectivity index (χ4n) is 2.20.